The lowest BCUT2D eigenvalue weighted by molar-refractivity contribution is 0.475. The van der Waals surface area contributed by atoms with Crippen molar-refractivity contribution in [1.29, 1.82) is 0 Å². The number of phenols is 1. The summed E-state index contributed by atoms with van der Waals surface area (Å²) in [6, 6.07) is 6.93. The summed E-state index contributed by atoms with van der Waals surface area (Å²) in [5.74, 6) is 0.286. The van der Waals surface area contributed by atoms with Crippen molar-refractivity contribution >= 4 is 0 Å². The second-order valence-electron chi connectivity index (χ2n) is 2.22. The molecule has 1 nitrogen and oxygen atoms in total. The molecule has 56 valence electrons. The Bertz CT molecular complexity index is 223. The smallest absolute Gasteiger partial charge is 0.115 e. The van der Waals surface area contributed by atoms with Crippen molar-refractivity contribution in [3.63, 3.8) is 0 Å². The molecule has 0 atom stereocenters. The summed E-state index contributed by atoms with van der Waals surface area (Å²) >= 11 is 0. The zero-order valence-electron chi connectivity index (χ0n) is 6.25. The van der Waals surface area contributed by atoms with E-state index in [1.807, 2.05) is 12.1 Å². The first kappa shape index (κ1) is 7.86. The predicted octanol–water partition coefficient (Wildman–Crippen LogP) is 2.40. The minimum Gasteiger partial charge on any atom is -0.508 e. The van der Waals surface area contributed by atoms with E-state index in [9.17, 15) is 0 Å². The molecular formula is C10H10O. The van der Waals surface area contributed by atoms with E-state index in [0.29, 0.717) is 0 Å². The number of hydrogen-bond donors (Lipinski definition) is 1. The fourth-order valence-corrected chi connectivity index (χ4v) is 0.769. The Hall–Kier alpha value is -1.24. The van der Waals surface area contributed by atoms with Crippen LogP contribution in [0.25, 0.3) is 0 Å². The molecule has 11 heavy (non-hydrogen) atoms. The Morgan fingerprint density at radius 2 is 2.00 bits per heavy atom. The SMILES string of the molecule is C=CC[C]c1ccc(O)cc1. The third-order valence-corrected chi connectivity index (χ3v) is 1.32. The molecule has 0 aliphatic rings. The minimum atomic E-state index is 0.286. The Balaban J connectivity index is 2.58. The molecule has 0 heterocycles. The van der Waals surface area contributed by atoms with Gasteiger partial charge in [0.05, 0.1) is 0 Å². The molecule has 1 aromatic carbocycles. The van der Waals surface area contributed by atoms with E-state index in [-0.39, 0.29) is 5.75 Å². The van der Waals surface area contributed by atoms with E-state index in [2.05, 4.69) is 13.0 Å². The maximum absolute atomic E-state index is 8.93. The standard InChI is InChI=1S/C10H10O/c1-2-3-4-9-5-7-10(11)8-6-9/h2,5-8,11H,1,3H2. The monoisotopic (exact) mass is 146 g/mol. The summed E-state index contributed by atoms with van der Waals surface area (Å²) in [4.78, 5) is 0. The van der Waals surface area contributed by atoms with E-state index in [4.69, 9.17) is 5.11 Å². The second-order valence-corrected chi connectivity index (χ2v) is 2.22. The first-order chi connectivity index (χ1) is 5.33. The molecule has 0 fully saturated rings. The fourth-order valence-electron chi connectivity index (χ4n) is 0.769. The Morgan fingerprint density at radius 1 is 1.36 bits per heavy atom. The highest BCUT2D eigenvalue weighted by Crippen LogP contribution is 2.12. The molecule has 1 rings (SSSR count). The average molecular weight is 146 g/mol. The predicted molar refractivity (Wildman–Crippen MR) is 45.3 cm³/mol. The Kier molecular flexibility index (Phi) is 2.73. The summed E-state index contributed by atoms with van der Waals surface area (Å²) in [6.45, 7) is 3.58. The van der Waals surface area contributed by atoms with Crippen molar-refractivity contribution in [2.24, 2.45) is 0 Å². The van der Waals surface area contributed by atoms with Crippen LogP contribution < -0.4 is 0 Å². The van der Waals surface area contributed by atoms with Gasteiger partial charge in [0.2, 0.25) is 0 Å². The van der Waals surface area contributed by atoms with Crippen LogP contribution in [0.3, 0.4) is 0 Å². The Labute approximate surface area is 67.0 Å². The first-order valence-electron chi connectivity index (χ1n) is 3.47. The van der Waals surface area contributed by atoms with E-state index >= 15 is 0 Å². The van der Waals surface area contributed by atoms with Crippen LogP contribution in [0.2, 0.25) is 0 Å². The highest BCUT2D eigenvalue weighted by molar-refractivity contribution is 5.30. The molecule has 0 aliphatic carbocycles. The van der Waals surface area contributed by atoms with Crippen LogP contribution in [-0.4, -0.2) is 5.11 Å². The van der Waals surface area contributed by atoms with Crippen LogP contribution in [0, 0.1) is 6.42 Å². The molecule has 0 amide bonds. The molecule has 0 unspecified atom stereocenters. The van der Waals surface area contributed by atoms with Gasteiger partial charge < -0.3 is 5.11 Å². The van der Waals surface area contributed by atoms with E-state index in [0.717, 1.165) is 12.0 Å². The number of benzene rings is 1. The van der Waals surface area contributed by atoms with Gasteiger partial charge in [-0.05, 0) is 24.1 Å². The van der Waals surface area contributed by atoms with Crippen LogP contribution >= 0.6 is 0 Å². The molecule has 1 N–H and O–H groups in total. The third kappa shape index (κ3) is 2.46. The molecule has 1 aromatic rings. The Morgan fingerprint density at radius 3 is 2.55 bits per heavy atom. The molecule has 0 saturated carbocycles. The van der Waals surface area contributed by atoms with Crippen molar-refractivity contribution < 1.29 is 5.11 Å². The van der Waals surface area contributed by atoms with Gasteiger partial charge in [-0.25, -0.2) is 0 Å². The third-order valence-electron chi connectivity index (χ3n) is 1.32. The lowest BCUT2D eigenvalue weighted by Crippen LogP contribution is -1.77. The van der Waals surface area contributed by atoms with Crippen molar-refractivity contribution in [3.05, 3.63) is 48.9 Å². The van der Waals surface area contributed by atoms with E-state index in [1.165, 1.54) is 0 Å². The van der Waals surface area contributed by atoms with Gasteiger partial charge in [0.25, 0.3) is 0 Å². The number of allylic oxidation sites excluding steroid dienone is 1. The van der Waals surface area contributed by atoms with Gasteiger partial charge in [0.15, 0.2) is 0 Å². The minimum absolute atomic E-state index is 0.286. The molecule has 2 radical (unpaired) electrons. The fraction of sp³-hybridized carbons (Fsp3) is 0.100. The van der Waals surface area contributed by atoms with Crippen molar-refractivity contribution in [2.45, 2.75) is 6.42 Å². The van der Waals surface area contributed by atoms with Crippen LogP contribution in [0.1, 0.15) is 12.0 Å². The highest BCUT2D eigenvalue weighted by Gasteiger charge is 1.91. The molecule has 0 spiro atoms. The maximum Gasteiger partial charge on any atom is 0.115 e. The van der Waals surface area contributed by atoms with Crippen LogP contribution in [0.5, 0.6) is 5.75 Å². The normalized spacial score (nSPS) is 9.45. The average Bonchev–Trinajstić information content (AvgIpc) is 2.04. The summed E-state index contributed by atoms with van der Waals surface area (Å²) in [7, 11) is 0. The second kappa shape index (κ2) is 3.81. The van der Waals surface area contributed by atoms with Crippen LogP contribution in [0.15, 0.2) is 36.9 Å². The van der Waals surface area contributed by atoms with Gasteiger partial charge >= 0.3 is 0 Å². The number of phenolic OH excluding ortho intramolecular Hbond substituents is 1. The summed E-state index contributed by atoms with van der Waals surface area (Å²) in [5.41, 5.74) is 0.989. The van der Waals surface area contributed by atoms with E-state index < -0.39 is 0 Å². The lowest BCUT2D eigenvalue weighted by Gasteiger charge is -1.96. The van der Waals surface area contributed by atoms with Crippen molar-refractivity contribution in [3.8, 4) is 5.75 Å². The van der Waals surface area contributed by atoms with Gasteiger partial charge in [-0.1, -0.05) is 18.2 Å². The maximum atomic E-state index is 8.93. The van der Waals surface area contributed by atoms with Crippen LogP contribution in [0.4, 0.5) is 0 Å². The quantitative estimate of drug-likeness (QED) is 0.649. The number of hydrogen-bond acceptors (Lipinski definition) is 1. The molecule has 0 aromatic heterocycles. The molecule has 0 bridgehead atoms. The summed E-state index contributed by atoms with van der Waals surface area (Å²) in [6.07, 6.45) is 5.62. The van der Waals surface area contributed by atoms with E-state index in [1.54, 1.807) is 18.2 Å². The van der Waals surface area contributed by atoms with Gasteiger partial charge in [0.1, 0.15) is 5.75 Å². The number of rotatable bonds is 3. The van der Waals surface area contributed by atoms with Gasteiger partial charge in [-0.15, -0.1) is 6.58 Å². The molecule has 0 aliphatic heterocycles. The topological polar surface area (TPSA) is 20.2 Å². The van der Waals surface area contributed by atoms with Crippen molar-refractivity contribution in [1.82, 2.24) is 0 Å². The highest BCUT2D eigenvalue weighted by atomic mass is 16.3. The van der Waals surface area contributed by atoms with Gasteiger partial charge in [-0.2, -0.15) is 0 Å². The molecular weight excluding hydrogens is 136 g/mol. The zero-order valence-corrected chi connectivity index (χ0v) is 6.25. The number of aromatic hydroxyl groups is 1. The van der Waals surface area contributed by atoms with Gasteiger partial charge in [-0.3, -0.25) is 0 Å². The van der Waals surface area contributed by atoms with Gasteiger partial charge in [0, 0.05) is 6.42 Å². The summed E-state index contributed by atoms with van der Waals surface area (Å²) < 4.78 is 0. The summed E-state index contributed by atoms with van der Waals surface area (Å²) in [5, 5.41) is 8.93. The largest absolute Gasteiger partial charge is 0.508 e. The first-order valence-corrected chi connectivity index (χ1v) is 3.47. The lowest BCUT2D eigenvalue weighted by atomic mass is 10.1. The zero-order chi connectivity index (χ0) is 8.10. The van der Waals surface area contributed by atoms with Crippen LogP contribution in [-0.2, 0) is 0 Å². The van der Waals surface area contributed by atoms with Crippen molar-refractivity contribution in [2.75, 3.05) is 0 Å². The molecule has 1 heteroatoms. The molecule has 0 saturated heterocycles.